The number of ether oxygens (including phenoxy) is 2. The van der Waals surface area contributed by atoms with Crippen LogP contribution in [-0.2, 0) is 17.8 Å². The van der Waals surface area contributed by atoms with Gasteiger partial charge in [0.25, 0.3) is 5.91 Å². The number of primary amides is 1. The largest absolute Gasteiger partial charge is 0.490 e. The lowest BCUT2D eigenvalue weighted by molar-refractivity contribution is -0.119. The van der Waals surface area contributed by atoms with Crippen LogP contribution in [0.25, 0.3) is 0 Å². The van der Waals surface area contributed by atoms with Gasteiger partial charge in [0.1, 0.15) is 0 Å². The maximum absolute atomic E-state index is 11.0. The Morgan fingerprint density at radius 1 is 1.16 bits per heavy atom. The van der Waals surface area contributed by atoms with E-state index in [1.807, 2.05) is 25.1 Å². The molecule has 134 valence electrons. The van der Waals surface area contributed by atoms with Gasteiger partial charge in [0.05, 0.1) is 10.2 Å². The highest BCUT2D eigenvalue weighted by Crippen LogP contribution is 2.34. The van der Waals surface area contributed by atoms with Crippen LogP contribution in [0.15, 0.2) is 42.5 Å². The Balaban J connectivity index is 1.96. The first-order chi connectivity index (χ1) is 12.1. The summed E-state index contributed by atoms with van der Waals surface area (Å²) in [6, 6.07) is 14.3. The molecule has 5 nitrogen and oxygen atoms in total. The lowest BCUT2D eigenvalue weighted by Crippen LogP contribution is -2.21. The van der Waals surface area contributed by atoms with Gasteiger partial charge in [0.15, 0.2) is 18.1 Å². The van der Waals surface area contributed by atoms with Crippen molar-refractivity contribution in [1.29, 1.82) is 0 Å². The number of halogens is 1. The second-order valence-corrected chi connectivity index (χ2v) is 6.67. The molecule has 0 spiro atoms. The van der Waals surface area contributed by atoms with E-state index in [1.165, 1.54) is 5.56 Å². The summed E-state index contributed by atoms with van der Waals surface area (Å²) in [6.07, 6.45) is 0.982. The smallest absolute Gasteiger partial charge is 0.255 e. The third kappa shape index (κ3) is 6.55. The summed E-state index contributed by atoms with van der Waals surface area (Å²) in [7, 11) is 0. The van der Waals surface area contributed by atoms with Crippen LogP contribution in [0, 0.1) is 3.57 Å². The summed E-state index contributed by atoms with van der Waals surface area (Å²) in [5, 5.41) is 3.44. The molecule has 2 aromatic carbocycles. The zero-order valence-corrected chi connectivity index (χ0v) is 16.4. The van der Waals surface area contributed by atoms with Crippen LogP contribution >= 0.6 is 22.6 Å². The molecule has 0 saturated heterocycles. The fraction of sp³-hybridized carbons (Fsp3) is 0.316. The fourth-order valence-corrected chi connectivity index (χ4v) is 3.20. The van der Waals surface area contributed by atoms with Crippen LogP contribution in [-0.4, -0.2) is 25.7 Å². The van der Waals surface area contributed by atoms with E-state index >= 15 is 0 Å². The number of nitrogens with two attached hydrogens (primary N) is 1. The summed E-state index contributed by atoms with van der Waals surface area (Å²) < 4.78 is 12.0. The Kier molecular flexibility index (Phi) is 8.00. The molecule has 0 saturated carbocycles. The van der Waals surface area contributed by atoms with Gasteiger partial charge in [-0.05, 0) is 65.7 Å². The highest BCUT2D eigenvalue weighted by atomic mass is 127. The molecule has 25 heavy (non-hydrogen) atoms. The summed E-state index contributed by atoms with van der Waals surface area (Å²) in [5.41, 5.74) is 7.57. The molecule has 0 aromatic heterocycles. The molecule has 6 heteroatoms. The van der Waals surface area contributed by atoms with Gasteiger partial charge in [0.2, 0.25) is 0 Å². The fourth-order valence-electron chi connectivity index (χ4n) is 2.38. The molecule has 0 radical (unpaired) electrons. The monoisotopic (exact) mass is 454 g/mol. The van der Waals surface area contributed by atoms with Crippen LogP contribution in [0.3, 0.4) is 0 Å². The first-order valence-electron chi connectivity index (χ1n) is 8.21. The van der Waals surface area contributed by atoms with Crippen LogP contribution < -0.4 is 20.5 Å². The lowest BCUT2D eigenvalue weighted by Gasteiger charge is -2.15. The first-order valence-corrected chi connectivity index (χ1v) is 9.29. The molecule has 0 aliphatic heterocycles. The van der Waals surface area contributed by atoms with Gasteiger partial charge in [-0.1, -0.05) is 30.3 Å². The standard InChI is InChI=1S/C19H23IN2O3/c1-2-24-17-11-15(10-16(20)19(17)25-13-18(21)23)12-22-9-8-14-6-4-3-5-7-14/h3-7,10-11,22H,2,8-9,12-13H2,1H3,(H2,21,23). The topological polar surface area (TPSA) is 73.6 Å². The van der Waals surface area contributed by atoms with Crippen LogP contribution in [0.1, 0.15) is 18.1 Å². The van der Waals surface area contributed by atoms with E-state index in [9.17, 15) is 4.79 Å². The summed E-state index contributed by atoms with van der Waals surface area (Å²) in [6.45, 7) is 3.90. The van der Waals surface area contributed by atoms with Crippen molar-refractivity contribution in [1.82, 2.24) is 5.32 Å². The van der Waals surface area contributed by atoms with Gasteiger partial charge in [-0.25, -0.2) is 0 Å². The summed E-state index contributed by atoms with van der Waals surface area (Å²) in [4.78, 5) is 11.0. The quantitative estimate of drug-likeness (QED) is 0.428. The van der Waals surface area contributed by atoms with Crippen molar-refractivity contribution in [3.8, 4) is 11.5 Å². The average molecular weight is 454 g/mol. The van der Waals surface area contributed by atoms with E-state index in [0.29, 0.717) is 18.1 Å². The van der Waals surface area contributed by atoms with Gasteiger partial charge in [-0.2, -0.15) is 0 Å². The van der Waals surface area contributed by atoms with Crippen molar-refractivity contribution in [2.24, 2.45) is 5.73 Å². The molecule has 0 aliphatic rings. The van der Waals surface area contributed by atoms with Crippen LogP contribution in [0.4, 0.5) is 0 Å². The minimum absolute atomic E-state index is 0.162. The van der Waals surface area contributed by atoms with Gasteiger partial charge in [-0.3, -0.25) is 4.79 Å². The third-order valence-corrected chi connectivity index (χ3v) is 4.29. The summed E-state index contributed by atoms with van der Waals surface area (Å²) in [5.74, 6) is 0.690. The molecule has 0 heterocycles. The minimum atomic E-state index is -0.509. The molecule has 0 fully saturated rings. The van der Waals surface area contributed by atoms with E-state index < -0.39 is 5.91 Å². The Labute approximate surface area is 162 Å². The van der Waals surface area contributed by atoms with E-state index in [1.54, 1.807) is 0 Å². The Bertz CT molecular complexity index is 693. The average Bonchev–Trinajstić information content (AvgIpc) is 2.59. The number of rotatable bonds is 10. The minimum Gasteiger partial charge on any atom is -0.490 e. The molecule has 0 bridgehead atoms. The van der Waals surface area contributed by atoms with Gasteiger partial charge in [-0.15, -0.1) is 0 Å². The highest BCUT2D eigenvalue weighted by molar-refractivity contribution is 14.1. The van der Waals surface area contributed by atoms with Crippen molar-refractivity contribution >= 4 is 28.5 Å². The predicted octanol–water partition coefficient (Wildman–Crippen LogP) is 2.89. The van der Waals surface area contributed by atoms with Crippen molar-refractivity contribution < 1.29 is 14.3 Å². The predicted molar refractivity (Wildman–Crippen MR) is 107 cm³/mol. The van der Waals surface area contributed by atoms with Crippen molar-refractivity contribution in [2.45, 2.75) is 19.9 Å². The number of hydrogen-bond acceptors (Lipinski definition) is 4. The maximum Gasteiger partial charge on any atom is 0.255 e. The Morgan fingerprint density at radius 3 is 2.60 bits per heavy atom. The molecule has 1 amide bonds. The molecular formula is C19H23IN2O3. The number of benzene rings is 2. The number of hydrogen-bond donors (Lipinski definition) is 2. The molecular weight excluding hydrogens is 431 g/mol. The van der Waals surface area contributed by atoms with Gasteiger partial charge in [0, 0.05) is 6.54 Å². The van der Waals surface area contributed by atoms with E-state index in [2.05, 4.69) is 52.2 Å². The van der Waals surface area contributed by atoms with Crippen molar-refractivity contribution in [3.05, 3.63) is 57.2 Å². The SMILES string of the molecule is CCOc1cc(CNCCc2ccccc2)cc(I)c1OCC(N)=O. The molecule has 2 rings (SSSR count). The Morgan fingerprint density at radius 2 is 1.92 bits per heavy atom. The Hall–Kier alpha value is -1.80. The van der Waals surface area contributed by atoms with E-state index in [4.69, 9.17) is 15.2 Å². The number of amides is 1. The summed E-state index contributed by atoms with van der Waals surface area (Å²) >= 11 is 2.18. The second kappa shape index (κ2) is 10.2. The van der Waals surface area contributed by atoms with Gasteiger partial charge < -0.3 is 20.5 Å². The maximum atomic E-state index is 11.0. The molecule has 3 N–H and O–H groups in total. The third-order valence-electron chi connectivity index (χ3n) is 3.49. The molecule has 2 aromatic rings. The molecule has 0 unspecified atom stereocenters. The highest BCUT2D eigenvalue weighted by Gasteiger charge is 2.13. The van der Waals surface area contributed by atoms with Crippen LogP contribution in [0.2, 0.25) is 0 Å². The zero-order valence-electron chi connectivity index (χ0n) is 14.3. The van der Waals surface area contributed by atoms with Crippen molar-refractivity contribution in [3.63, 3.8) is 0 Å². The lowest BCUT2D eigenvalue weighted by atomic mass is 10.1. The van der Waals surface area contributed by atoms with Gasteiger partial charge >= 0.3 is 0 Å². The van der Waals surface area contributed by atoms with Crippen molar-refractivity contribution in [2.75, 3.05) is 19.8 Å². The second-order valence-electron chi connectivity index (χ2n) is 5.51. The van der Waals surface area contributed by atoms with Crippen LogP contribution in [0.5, 0.6) is 11.5 Å². The number of nitrogens with one attached hydrogen (secondary N) is 1. The normalized spacial score (nSPS) is 10.5. The molecule has 0 atom stereocenters. The van der Waals surface area contributed by atoms with E-state index in [-0.39, 0.29) is 6.61 Å². The zero-order chi connectivity index (χ0) is 18.1. The number of carbonyl (C=O) groups is 1. The first kappa shape index (κ1) is 19.5. The van der Waals surface area contributed by atoms with E-state index in [0.717, 1.165) is 28.6 Å². The number of carbonyl (C=O) groups excluding carboxylic acids is 1. The molecule has 0 aliphatic carbocycles.